The van der Waals surface area contributed by atoms with Crippen molar-refractivity contribution in [2.75, 3.05) is 0 Å². The van der Waals surface area contributed by atoms with E-state index in [0.29, 0.717) is 6.42 Å². The minimum Gasteiger partial charge on any atom is -0.350 e. The Kier molecular flexibility index (Phi) is 4.78. The molecule has 0 spiro atoms. The van der Waals surface area contributed by atoms with E-state index in [2.05, 4.69) is 10.4 Å². The molecular formula is C17H23N3O. The topological polar surface area (TPSA) is 46.9 Å². The SMILES string of the molecule is Cc1nn(C)c(C)c1CCC(=O)NC(C)c1ccccc1. The van der Waals surface area contributed by atoms with Crippen molar-refractivity contribution in [3.05, 3.63) is 52.8 Å². The quantitative estimate of drug-likeness (QED) is 0.918. The van der Waals surface area contributed by atoms with Gasteiger partial charge in [-0.1, -0.05) is 30.3 Å². The summed E-state index contributed by atoms with van der Waals surface area (Å²) in [7, 11) is 1.93. The van der Waals surface area contributed by atoms with Gasteiger partial charge in [-0.05, 0) is 38.3 Å². The van der Waals surface area contributed by atoms with Crippen LogP contribution >= 0.6 is 0 Å². The van der Waals surface area contributed by atoms with Crippen LogP contribution in [0.25, 0.3) is 0 Å². The van der Waals surface area contributed by atoms with Gasteiger partial charge >= 0.3 is 0 Å². The fourth-order valence-corrected chi connectivity index (χ4v) is 2.56. The molecule has 0 aliphatic rings. The zero-order chi connectivity index (χ0) is 15.4. The number of amides is 1. The van der Waals surface area contributed by atoms with Crippen LogP contribution in [0.3, 0.4) is 0 Å². The molecule has 1 amide bonds. The normalized spacial score (nSPS) is 12.2. The van der Waals surface area contributed by atoms with E-state index in [1.54, 1.807) is 0 Å². The third-order valence-corrected chi connectivity index (χ3v) is 3.94. The second-order valence-electron chi connectivity index (χ2n) is 5.47. The summed E-state index contributed by atoms with van der Waals surface area (Å²) >= 11 is 0. The zero-order valence-electron chi connectivity index (χ0n) is 13.2. The average Bonchev–Trinajstić information content (AvgIpc) is 2.71. The van der Waals surface area contributed by atoms with Crippen molar-refractivity contribution in [2.45, 2.75) is 39.7 Å². The van der Waals surface area contributed by atoms with Crippen LogP contribution < -0.4 is 5.32 Å². The third-order valence-electron chi connectivity index (χ3n) is 3.94. The molecule has 2 rings (SSSR count). The summed E-state index contributed by atoms with van der Waals surface area (Å²) in [6, 6.07) is 10.0. The van der Waals surface area contributed by atoms with Gasteiger partial charge < -0.3 is 5.32 Å². The predicted molar refractivity (Wildman–Crippen MR) is 84.0 cm³/mol. The lowest BCUT2D eigenvalue weighted by molar-refractivity contribution is -0.121. The van der Waals surface area contributed by atoms with E-state index < -0.39 is 0 Å². The van der Waals surface area contributed by atoms with Gasteiger partial charge in [0.25, 0.3) is 0 Å². The zero-order valence-corrected chi connectivity index (χ0v) is 13.2. The molecule has 0 radical (unpaired) electrons. The summed E-state index contributed by atoms with van der Waals surface area (Å²) < 4.78 is 1.87. The summed E-state index contributed by atoms with van der Waals surface area (Å²) in [6.45, 7) is 6.04. The van der Waals surface area contributed by atoms with Gasteiger partial charge in [-0.2, -0.15) is 5.10 Å². The molecule has 4 heteroatoms. The molecule has 0 saturated carbocycles. The van der Waals surface area contributed by atoms with Crippen LogP contribution in [0, 0.1) is 13.8 Å². The van der Waals surface area contributed by atoms with Crippen molar-refractivity contribution in [3.63, 3.8) is 0 Å². The molecule has 1 atom stereocenters. The Labute approximate surface area is 126 Å². The average molecular weight is 285 g/mol. The van der Waals surface area contributed by atoms with E-state index in [9.17, 15) is 4.79 Å². The Bertz CT molecular complexity index is 616. The Morgan fingerprint density at radius 3 is 2.52 bits per heavy atom. The Balaban J connectivity index is 1.91. The van der Waals surface area contributed by atoms with Crippen LogP contribution in [0.4, 0.5) is 0 Å². The number of carbonyl (C=O) groups excluding carboxylic acids is 1. The van der Waals surface area contributed by atoms with Crippen molar-refractivity contribution in [3.8, 4) is 0 Å². The molecular weight excluding hydrogens is 262 g/mol. The highest BCUT2D eigenvalue weighted by atomic mass is 16.1. The number of hydrogen-bond donors (Lipinski definition) is 1. The van der Waals surface area contributed by atoms with Gasteiger partial charge in [0.1, 0.15) is 0 Å². The first-order chi connectivity index (χ1) is 9.99. The van der Waals surface area contributed by atoms with Gasteiger partial charge in [0.2, 0.25) is 5.91 Å². The molecule has 0 aliphatic heterocycles. The first-order valence-electron chi connectivity index (χ1n) is 7.32. The third kappa shape index (κ3) is 3.72. The van der Waals surface area contributed by atoms with Crippen LogP contribution in [0.5, 0.6) is 0 Å². The molecule has 1 N–H and O–H groups in total. The maximum atomic E-state index is 12.1. The molecule has 21 heavy (non-hydrogen) atoms. The highest BCUT2D eigenvalue weighted by molar-refractivity contribution is 5.76. The van der Waals surface area contributed by atoms with Crippen molar-refractivity contribution in [1.82, 2.24) is 15.1 Å². The fourth-order valence-electron chi connectivity index (χ4n) is 2.56. The van der Waals surface area contributed by atoms with Crippen LogP contribution in [0.15, 0.2) is 30.3 Å². The van der Waals surface area contributed by atoms with Gasteiger partial charge in [0.05, 0.1) is 11.7 Å². The lowest BCUT2D eigenvalue weighted by atomic mass is 10.1. The first-order valence-corrected chi connectivity index (χ1v) is 7.32. The number of aryl methyl sites for hydroxylation is 2. The monoisotopic (exact) mass is 285 g/mol. The van der Waals surface area contributed by atoms with E-state index >= 15 is 0 Å². The van der Waals surface area contributed by atoms with Crippen molar-refractivity contribution in [2.24, 2.45) is 7.05 Å². The van der Waals surface area contributed by atoms with Crippen LogP contribution in [0.1, 0.15) is 41.9 Å². The minimum absolute atomic E-state index is 0.0368. The largest absolute Gasteiger partial charge is 0.350 e. The molecule has 0 saturated heterocycles. The summed E-state index contributed by atoms with van der Waals surface area (Å²) in [5, 5.41) is 7.43. The molecule has 2 aromatic rings. The van der Waals surface area contributed by atoms with Gasteiger partial charge in [-0.15, -0.1) is 0 Å². The maximum absolute atomic E-state index is 12.1. The molecule has 112 valence electrons. The smallest absolute Gasteiger partial charge is 0.220 e. The molecule has 0 fully saturated rings. The highest BCUT2D eigenvalue weighted by Gasteiger charge is 2.13. The summed E-state index contributed by atoms with van der Waals surface area (Å²) in [4.78, 5) is 12.1. The molecule has 1 heterocycles. The van der Waals surface area contributed by atoms with Crippen molar-refractivity contribution >= 4 is 5.91 Å². The van der Waals surface area contributed by atoms with Gasteiger partial charge in [0.15, 0.2) is 0 Å². The van der Waals surface area contributed by atoms with Crippen LogP contribution in [-0.2, 0) is 18.3 Å². The standard InChI is InChI=1S/C17H23N3O/c1-12(15-8-6-5-7-9-15)18-17(21)11-10-16-13(2)19-20(4)14(16)3/h5-9,12H,10-11H2,1-4H3,(H,18,21). The van der Waals surface area contributed by atoms with E-state index in [0.717, 1.165) is 23.4 Å². The van der Waals surface area contributed by atoms with Crippen molar-refractivity contribution in [1.29, 1.82) is 0 Å². The van der Waals surface area contributed by atoms with Crippen LogP contribution in [-0.4, -0.2) is 15.7 Å². The number of aromatic nitrogens is 2. The minimum atomic E-state index is 0.0368. The van der Waals surface area contributed by atoms with Crippen LogP contribution in [0.2, 0.25) is 0 Å². The number of hydrogen-bond acceptors (Lipinski definition) is 2. The van der Waals surface area contributed by atoms with Gasteiger partial charge in [0, 0.05) is 19.2 Å². The Morgan fingerprint density at radius 1 is 1.29 bits per heavy atom. The van der Waals surface area contributed by atoms with E-state index in [1.807, 2.05) is 62.8 Å². The molecule has 0 bridgehead atoms. The predicted octanol–water partition coefficient (Wildman–Crippen LogP) is 2.85. The lowest BCUT2D eigenvalue weighted by Gasteiger charge is -2.14. The maximum Gasteiger partial charge on any atom is 0.220 e. The number of nitrogens with one attached hydrogen (secondary N) is 1. The molecule has 1 aromatic carbocycles. The number of rotatable bonds is 5. The lowest BCUT2D eigenvalue weighted by Crippen LogP contribution is -2.26. The Hall–Kier alpha value is -2.10. The second-order valence-corrected chi connectivity index (χ2v) is 5.47. The van der Waals surface area contributed by atoms with Crippen molar-refractivity contribution < 1.29 is 4.79 Å². The van der Waals surface area contributed by atoms with E-state index in [-0.39, 0.29) is 11.9 Å². The number of benzene rings is 1. The van der Waals surface area contributed by atoms with E-state index in [4.69, 9.17) is 0 Å². The van der Waals surface area contributed by atoms with Gasteiger partial charge in [-0.25, -0.2) is 0 Å². The fraction of sp³-hybridized carbons (Fsp3) is 0.412. The molecule has 1 unspecified atom stereocenters. The van der Waals surface area contributed by atoms with Gasteiger partial charge in [-0.3, -0.25) is 9.48 Å². The summed E-state index contributed by atoms with van der Waals surface area (Å²) in [5.41, 5.74) is 4.45. The summed E-state index contributed by atoms with van der Waals surface area (Å²) in [5.74, 6) is 0.0778. The Morgan fingerprint density at radius 2 is 1.95 bits per heavy atom. The molecule has 0 aliphatic carbocycles. The second kappa shape index (κ2) is 6.57. The first kappa shape index (κ1) is 15.3. The number of nitrogens with zero attached hydrogens (tertiary/aromatic N) is 2. The molecule has 4 nitrogen and oxygen atoms in total. The van der Waals surface area contributed by atoms with E-state index in [1.165, 1.54) is 5.56 Å². The summed E-state index contributed by atoms with van der Waals surface area (Å²) in [6.07, 6.45) is 1.23. The number of carbonyl (C=O) groups is 1. The molecule has 1 aromatic heterocycles. The highest BCUT2D eigenvalue weighted by Crippen LogP contribution is 2.15.